The normalized spacial score (nSPS) is 19.9. The van der Waals surface area contributed by atoms with E-state index < -0.39 is 0 Å². The van der Waals surface area contributed by atoms with Gasteiger partial charge in [-0.05, 0) is 31.0 Å². The maximum atomic E-state index is 12.7. The van der Waals surface area contributed by atoms with Crippen molar-refractivity contribution in [2.75, 3.05) is 19.8 Å². The van der Waals surface area contributed by atoms with Crippen LogP contribution in [0.1, 0.15) is 18.9 Å². The van der Waals surface area contributed by atoms with Crippen molar-refractivity contribution in [2.24, 2.45) is 0 Å². The lowest BCUT2D eigenvalue weighted by Gasteiger charge is -2.33. The number of rotatable bonds is 3. The maximum Gasteiger partial charge on any atom is 0.223 e. The molecule has 0 bridgehead atoms. The topological polar surface area (TPSA) is 29.5 Å². The Morgan fingerprint density at radius 1 is 1.44 bits per heavy atom. The molecule has 98 valence electrons. The molecule has 1 unspecified atom stereocenters. The number of benzene rings is 1. The highest BCUT2D eigenvalue weighted by Crippen LogP contribution is 2.11. The molecular weight excluding hydrogens is 233 g/mol. The summed E-state index contributed by atoms with van der Waals surface area (Å²) in [7, 11) is 0. The summed E-state index contributed by atoms with van der Waals surface area (Å²) in [6.45, 7) is 3.90. The predicted molar refractivity (Wildman–Crippen MR) is 66.7 cm³/mol. The fraction of sp³-hybridized carbons (Fsp3) is 0.500. The molecule has 4 heteroatoms. The van der Waals surface area contributed by atoms with Gasteiger partial charge in [-0.2, -0.15) is 0 Å². The zero-order chi connectivity index (χ0) is 13.0. The Labute approximate surface area is 107 Å². The summed E-state index contributed by atoms with van der Waals surface area (Å²) in [6, 6.07) is 6.46. The molecule has 0 saturated carbocycles. The summed E-state index contributed by atoms with van der Waals surface area (Å²) < 4.78 is 18.0. The van der Waals surface area contributed by atoms with Crippen molar-refractivity contribution in [3.63, 3.8) is 0 Å². The number of halogens is 1. The van der Waals surface area contributed by atoms with Gasteiger partial charge in [-0.1, -0.05) is 12.1 Å². The number of morpholine rings is 1. The van der Waals surface area contributed by atoms with E-state index in [9.17, 15) is 9.18 Å². The Kier molecular flexibility index (Phi) is 4.31. The molecule has 0 aromatic heterocycles. The van der Waals surface area contributed by atoms with Crippen LogP contribution < -0.4 is 0 Å². The summed E-state index contributed by atoms with van der Waals surface area (Å²) >= 11 is 0. The minimum atomic E-state index is -0.244. The zero-order valence-electron chi connectivity index (χ0n) is 10.6. The lowest BCUT2D eigenvalue weighted by atomic mass is 10.1. The molecule has 1 aliphatic heterocycles. The fourth-order valence-corrected chi connectivity index (χ4v) is 2.14. The molecule has 0 radical (unpaired) electrons. The van der Waals surface area contributed by atoms with Crippen LogP contribution in [0.3, 0.4) is 0 Å². The van der Waals surface area contributed by atoms with Crippen LogP contribution >= 0.6 is 0 Å². The van der Waals surface area contributed by atoms with Gasteiger partial charge in [0.05, 0.1) is 19.3 Å². The van der Waals surface area contributed by atoms with E-state index in [-0.39, 0.29) is 17.8 Å². The Bertz CT molecular complexity index is 405. The molecule has 1 aromatic carbocycles. The van der Waals surface area contributed by atoms with Crippen LogP contribution in [-0.4, -0.2) is 36.6 Å². The molecule has 0 N–H and O–H groups in total. The van der Waals surface area contributed by atoms with Crippen molar-refractivity contribution < 1.29 is 13.9 Å². The van der Waals surface area contributed by atoms with Gasteiger partial charge >= 0.3 is 0 Å². The third-order valence-electron chi connectivity index (χ3n) is 3.23. The summed E-state index contributed by atoms with van der Waals surface area (Å²) in [4.78, 5) is 13.9. The van der Waals surface area contributed by atoms with Crippen molar-refractivity contribution in [3.8, 4) is 0 Å². The smallest absolute Gasteiger partial charge is 0.223 e. The van der Waals surface area contributed by atoms with Gasteiger partial charge < -0.3 is 9.64 Å². The van der Waals surface area contributed by atoms with E-state index in [0.29, 0.717) is 32.6 Å². The van der Waals surface area contributed by atoms with Crippen LogP contribution in [-0.2, 0) is 16.0 Å². The number of aryl methyl sites for hydroxylation is 1. The number of hydrogen-bond donors (Lipinski definition) is 0. The van der Waals surface area contributed by atoms with Gasteiger partial charge in [0.25, 0.3) is 0 Å². The van der Waals surface area contributed by atoms with Gasteiger partial charge in [-0.25, -0.2) is 4.39 Å². The number of hydrogen-bond acceptors (Lipinski definition) is 2. The first-order valence-electron chi connectivity index (χ1n) is 6.28. The van der Waals surface area contributed by atoms with Gasteiger partial charge in [0.1, 0.15) is 5.82 Å². The fourth-order valence-electron chi connectivity index (χ4n) is 2.14. The molecular formula is C14H18FNO2. The van der Waals surface area contributed by atoms with Crippen molar-refractivity contribution >= 4 is 5.91 Å². The Hall–Kier alpha value is -1.42. The summed E-state index contributed by atoms with van der Waals surface area (Å²) in [5, 5.41) is 0. The van der Waals surface area contributed by atoms with E-state index in [1.165, 1.54) is 12.1 Å². The van der Waals surface area contributed by atoms with Crippen molar-refractivity contribution in [2.45, 2.75) is 25.8 Å². The minimum Gasteiger partial charge on any atom is -0.377 e. The maximum absolute atomic E-state index is 12.7. The standard InChI is InChI=1S/C14H18FNO2/c1-11-10-18-9-8-16(11)14(17)7-4-12-2-5-13(15)6-3-12/h2-3,5-6,11H,4,7-10H2,1H3. The average molecular weight is 251 g/mol. The lowest BCUT2D eigenvalue weighted by molar-refractivity contribution is -0.139. The van der Waals surface area contributed by atoms with Gasteiger partial charge in [0.15, 0.2) is 0 Å². The molecule has 1 amide bonds. The number of nitrogens with zero attached hydrogens (tertiary/aromatic N) is 1. The van der Waals surface area contributed by atoms with Gasteiger partial charge in [0.2, 0.25) is 5.91 Å². The van der Waals surface area contributed by atoms with E-state index in [1.54, 1.807) is 12.1 Å². The quantitative estimate of drug-likeness (QED) is 0.822. The molecule has 1 aromatic rings. The van der Waals surface area contributed by atoms with E-state index in [2.05, 4.69) is 0 Å². The van der Waals surface area contributed by atoms with Crippen molar-refractivity contribution in [3.05, 3.63) is 35.6 Å². The van der Waals surface area contributed by atoms with E-state index >= 15 is 0 Å². The Balaban J connectivity index is 1.85. The third-order valence-corrected chi connectivity index (χ3v) is 3.23. The van der Waals surface area contributed by atoms with Crippen LogP contribution in [0.4, 0.5) is 4.39 Å². The second kappa shape index (κ2) is 5.96. The molecule has 1 atom stereocenters. The highest BCUT2D eigenvalue weighted by atomic mass is 19.1. The second-order valence-electron chi connectivity index (χ2n) is 4.64. The largest absolute Gasteiger partial charge is 0.377 e. The predicted octanol–water partition coefficient (Wildman–Crippen LogP) is 2.01. The second-order valence-corrected chi connectivity index (χ2v) is 4.64. The first-order valence-corrected chi connectivity index (χ1v) is 6.28. The van der Waals surface area contributed by atoms with Crippen LogP contribution in [0.25, 0.3) is 0 Å². The summed E-state index contributed by atoms with van der Waals surface area (Å²) in [6.07, 6.45) is 1.12. The van der Waals surface area contributed by atoms with Crippen molar-refractivity contribution in [1.82, 2.24) is 4.90 Å². The average Bonchev–Trinajstić information content (AvgIpc) is 2.38. The lowest BCUT2D eigenvalue weighted by Crippen LogP contribution is -2.47. The third kappa shape index (κ3) is 3.29. The van der Waals surface area contributed by atoms with Gasteiger partial charge in [0, 0.05) is 13.0 Å². The Morgan fingerprint density at radius 2 is 2.17 bits per heavy atom. The number of amides is 1. The van der Waals surface area contributed by atoms with Crippen molar-refractivity contribution in [1.29, 1.82) is 0 Å². The molecule has 2 rings (SSSR count). The highest BCUT2D eigenvalue weighted by molar-refractivity contribution is 5.76. The Morgan fingerprint density at radius 3 is 2.83 bits per heavy atom. The SMILES string of the molecule is CC1COCCN1C(=O)CCc1ccc(F)cc1. The summed E-state index contributed by atoms with van der Waals surface area (Å²) in [5.74, 6) is -0.0954. The molecule has 0 spiro atoms. The molecule has 1 fully saturated rings. The van der Waals surface area contributed by atoms with Crippen LogP contribution in [0.2, 0.25) is 0 Å². The summed E-state index contributed by atoms with van der Waals surface area (Å²) in [5.41, 5.74) is 0.991. The van der Waals surface area contributed by atoms with Crippen LogP contribution in [0.15, 0.2) is 24.3 Å². The number of carbonyl (C=O) groups excluding carboxylic acids is 1. The van der Waals surface area contributed by atoms with Crippen LogP contribution in [0.5, 0.6) is 0 Å². The molecule has 1 saturated heterocycles. The number of carbonyl (C=O) groups is 1. The minimum absolute atomic E-state index is 0.148. The van der Waals surface area contributed by atoms with Gasteiger partial charge in [-0.3, -0.25) is 4.79 Å². The molecule has 3 nitrogen and oxygen atoms in total. The van der Waals surface area contributed by atoms with Crippen LogP contribution in [0, 0.1) is 5.82 Å². The van der Waals surface area contributed by atoms with E-state index in [0.717, 1.165) is 5.56 Å². The van der Waals surface area contributed by atoms with E-state index in [1.807, 2.05) is 11.8 Å². The zero-order valence-corrected chi connectivity index (χ0v) is 10.6. The first-order chi connectivity index (χ1) is 8.66. The molecule has 0 aliphatic carbocycles. The first kappa shape index (κ1) is 13.0. The highest BCUT2D eigenvalue weighted by Gasteiger charge is 2.23. The monoisotopic (exact) mass is 251 g/mol. The molecule has 1 aliphatic rings. The van der Waals surface area contributed by atoms with Gasteiger partial charge in [-0.15, -0.1) is 0 Å². The van der Waals surface area contributed by atoms with E-state index in [4.69, 9.17) is 4.74 Å². The molecule has 18 heavy (non-hydrogen) atoms. The number of ether oxygens (including phenoxy) is 1. The molecule has 1 heterocycles.